The van der Waals surface area contributed by atoms with Crippen LogP contribution in [0.4, 0.5) is 10.5 Å². The van der Waals surface area contributed by atoms with Crippen LogP contribution in [0.1, 0.15) is 34.0 Å². The fourth-order valence-corrected chi connectivity index (χ4v) is 4.13. The number of pyridine rings is 1. The summed E-state index contributed by atoms with van der Waals surface area (Å²) in [7, 11) is 3.50. The van der Waals surface area contributed by atoms with Crippen LogP contribution < -0.4 is 4.90 Å². The first kappa shape index (κ1) is 17.5. The number of aromatic nitrogens is 1. The van der Waals surface area contributed by atoms with Crippen LogP contribution in [0.5, 0.6) is 0 Å². The van der Waals surface area contributed by atoms with Gasteiger partial charge in [0.1, 0.15) is 0 Å². The van der Waals surface area contributed by atoms with E-state index in [0.29, 0.717) is 25.1 Å². The highest BCUT2D eigenvalue weighted by atomic mass is 16.2. The average Bonchev–Trinajstić information content (AvgIpc) is 3.01. The van der Waals surface area contributed by atoms with Gasteiger partial charge in [-0.1, -0.05) is 18.2 Å². The molecule has 1 unspecified atom stereocenters. The Labute approximate surface area is 159 Å². The number of anilines is 1. The van der Waals surface area contributed by atoms with E-state index in [9.17, 15) is 9.59 Å². The zero-order valence-electron chi connectivity index (χ0n) is 16.0. The number of urea groups is 1. The fourth-order valence-electron chi connectivity index (χ4n) is 4.13. The van der Waals surface area contributed by atoms with E-state index in [4.69, 9.17) is 0 Å². The summed E-state index contributed by atoms with van der Waals surface area (Å²) in [5, 5.41) is 0. The highest BCUT2D eigenvalue weighted by Gasteiger charge is 2.34. The number of hydrogen-bond acceptors (Lipinski definition) is 3. The molecule has 0 N–H and O–H groups in total. The van der Waals surface area contributed by atoms with E-state index < -0.39 is 0 Å². The molecule has 0 saturated heterocycles. The second kappa shape index (κ2) is 6.68. The van der Waals surface area contributed by atoms with Gasteiger partial charge in [-0.2, -0.15) is 0 Å². The lowest BCUT2D eigenvalue weighted by Crippen LogP contribution is -2.43. The van der Waals surface area contributed by atoms with Crippen LogP contribution in [0, 0.1) is 0 Å². The summed E-state index contributed by atoms with van der Waals surface area (Å²) >= 11 is 0. The summed E-state index contributed by atoms with van der Waals surface area (Å²) in [6, 6.07) is 8.20. The molecule has 140 valence electrons. The number of amides is 3. The monoisotopic (exact) mass is 364 g/mol. The number of carbonyl (C=O) groups excluding carboxylic acids is 2. The number of hydrogen-bond donors (Lipinski definition) is 0. The number of carbonyl (C=O) groups is 2. The third-order valence-electron chi connectivity index (χ3n) is 5.45. The molecule has 1 aromatic carbocycles. The Hall–Kier alpha value is -2.89. The summed E-state index contributed by atoms with van der Waals surface area (Å²) in [6.07, 6.45) is 5.00. The molecule has 4 rings (SSSR count). The molecule has 2 aromatic rings. The number of rotatable bonds is 1. The topological polar surface area (TPSA) is 56.8 Å². The minimum absolute atomic E-state index is 0.00388. The Morgan fingerprint density at radius 1 is 1.15 bits per heavy atom. The van der Waals surface area contributed by atoms with Crippen molar-refractivity contribution in [1.82, 2.24) is 14.8 Å². The Kier molecular flexibility index (Phi) is 4.34. The molecule has 0 bridgehead atoms. The first-order valence-corrected chi connectivity index (χ1v) is 9.31. The SMILES string of the molecule is CC1Cc2ccccc2N1C(=O)c1cncc2c1CCN(C(=O)N(C)C)C2. The lowest BCUT2D eigenvalue weighted by atomic mass is 9.96. The maximum absolute atomic E-state index is 13.4. The van der Waals surface area contributed by atoms with Gasteiger partial charge in [0.05, 0.1) is 5.56 Å². The van der Waals surface area contributed by atoms with Crippen molar-refractivity contribution >= 4 is 17.6 Å². The number of nitrogens with zero attached hydrogens (tertiary/aromatic N) is 4. The summed E-state index contributed by atoms with van der Waals surface area (Å²) < 4.78 is 0. The minimum atomic E-state index is -0.0144. The van der Waals surface area contributed by atoms with Gasteiger partial charge in [0, 0.05) is 51.3 Å². The molecule has 0 aliphatic carbocycles. The minimum Gasteiger partial charge on any atom is -0.331 e. The molecule has 1 atom stereocenters. The van der Waals surface area contributed by atoms with Crippen LogP contribution in [-0.2, 0) is 19.4 Å². The van der Waals surface area contributed by atoms with Crippen molar-refractivity contribution in [3.8, 4) is 0 Å². The standard InChI is InChI=1S/C21H24N4O2/c1-14-10-15-6-4-5-7-19(15)25(14)20(26)18-12-22-11-16-13-24(9-8-17(16)18)21(27)23(2)3/h4-7,11-12,14H,8-10,13H2,1-3H3. The molecule has 6 nitrogen and oxygen atoms in total. The Bertz CT molecular complexity index is 909. The van der Waals surface area contributed by atoms with Crippen molar-refractivity contribution in [1.29, 1.82) is 0 Å². The zero-order chi connectivity index (χ0) is 19.1. The van der Waals surface area contributed by atoms with E-state index in [1.165, 1.54) is 5.56 Å². The van der Waals surface area contributed by atoms with Gasteiger partial charge >= 0.3 is 6.03 Å². The van der Waals surface area contributed by atoms with Crippen LogP contribution in [0.3, 0.4) is 0 Å². The molecule has 0 fully saturated rings. The lowest BCUT2D eigenvalue weighted by molar-refractivity contribution is 0.0979. The van der Waals surface area contributed by atoms with Gasteiger partial charge in [-0.15, -0.1) is 0 Å². The fraction of sp³-hybridized carbons (Fsp3) is 0.381. The molecule has 0 spiro atoms. The predicted octanol–water partition coefficient (Wildman–Crippen LogP) is 2.71. The maximum Gasteiger partial charge on any atom is 0.319 e. The zero-order valence-corrected chi connectivity index (χ0v) is 16.0. The van der Waals surface area contributed by atoms with Gasteiger partial charge in [0.25, 0.3) is 5.91 Å². The van der Waals surface area contributed by atoms with Gasteiger partial charge in [-0.3, -0.25) is 9.78 Å². The van der Waals surface area contributed by atoms with Gasteiger partial charge in [-0.25, -0.2) is 4.79 Å². The van der Waals surface area contributed by atoms with Crippen LogP contribution in [0.25, 0.3) is 0 Å². The highest BCUT2D eigenvalue weighted by Crippen LogP contribution is 2.34. The van der Waals surface area contributed by atoms with E-state index in [0.717, 1.165) is 23.2 Å². The van der Waals surface area contributed by atoms with Crippen molar-refractivity contribution in [2.24, 2.45) is 0 Å². The molecule has 2 aliphatic heterocycles. The predicted molar refractivity (Wildman–Crippen MR) is 104 cm³/mol. The van der Waals surface area contributed by atoms with Crippen molar-refractivity contribution in [2.75, 3.05) is 25.5 Å². The molecular formula is C21H24N4O2. The van der Waals surface area contributed by atoms with Crippen molar-refractivity contribution < 1.29 is 9.59 Å². The molecule has 3 heterocycles. The highest BCUT2D eigenvalue weighted by molar-refractivity contribution is 6.08. The molecule has 0 radical (unpaired) electrons. The van der Waals surface area contributed by atoms with Crippen LogP contribution in [-0.4, -0.2) is 53.4 Å². The summed E-state index contributed by atoms with van der Waals surface area (Å²) in [4.78, 5) is 35.3. The van der Waals surface area contributed by atoms with Crippen molar-refractivity contribution in [3.63, 3.8) is 0 Å². The van der Waals surface area contributed by atoms with E-state index in [-0.39, 0.29) is 18.0 Å². The lowest BCUT2D eigenvalue weighted by Gasteiger charge is -2.32. The molecule has 1 aromatic heterocycles. The smallest absolute Gasteiger partial charge is 0.319 e. The van der Waals surface area contributed by atoms with E-state index >= 15 is 0 Å². The van der Waals surface area contributed by atoms with Crippen LogP contribution in [0.15, 0.2) is 36.7 Å². The molecule has 27 heavy (non-hydrogen) atoms. The summed E-state index contributed by atoms with van der Waals surface area (Å²) in [6.45, 7) is 3.19. The van der Waals surface area contributed by atoms with Crippen molar-refractivity contribution in [3.05, 3.63) is 58.9 Å². The third kappa shape index (κ3) is 2.95. The number of fused-ring (bicyclic) bond motifs is 2. The van der Waals surface area contributed by atoms with Gasteiger partial charge in [0.2, 0.25) is 0 Å². The number of para-hydroxylation sites is 1. The van der Waals surface area contributed by atoms with Gasteiger partial charge in [-0.05, 0) is 42.5 Å². The molecule has 6 heteroatoms. The van der Waals surface area contributed by atoms with Crippen molar-refractivity contribution in [2.45, 2.75) is 32.4 Å². The summed E-state index contributed by atoms with van der Waals surface area (Å²) in [5.41, 5.74) is 4.84. The second-order valence-electron chi connectivity index (χ2n) is 7.53. The largest absolute Gasteiger partial charge is 0.331 e. The molecule has 2 aliphatic rings. The quantitative estimate of drug-likeness (QED) is 0.782. The second-order valence-corrected chi connectivity index (χ2v) is 7.53. The van der Waals surface area contributed by atoms with Gasteiger partial charge in [0.15, 0.2) is 0 Å². The first-order valence-electron chi connectivity index (χ1n) is 9.31. The van der Waals surface area contributed by atoms with Gasteiger partial charge < -0.3 is 14.7 Å². The molecule has 0 saturated carbocycles. The molecule has 3 amide bonds. The first-order chi connectivity index (χ1) is 13.0. The number of benzene rings is 1. The molecular weight excluding hydrogens is 340 g/mol. The Balaban J connectivity index is 1.66. The van der Waals surface area contributed by atoms with E-state index in [2.05, 4.69) is 18.0 Å². The van der Waals surface area contributed by atoms with Crippen LogP contribution in [0.2, 0.25) is 0 Å². The Morgan fingerprint density at radius 2 is 1.93 bits per heavy atom. The normalized spacial score (nSPS) is 18.1. The maximum atomic E-state index is 13.4. The Morgan fingerprint density at radius 3 is 2.70 bits per heavy atom. The van der Waals surface area contributed by atoms with Crippen LogP contribution >= 0.6 is 0 Å². The summed E-state index contributed by atoms with van der Waals surface area (Å²) in [5.74, 6) is 0.00388. The third-order valence-corrected chi connectivity index (χ3v) is 5.45. The van der Waals surface area contributed by atoms with E-state index in [1.54, 1.807) is 36.3 Å². The van der Waals surface area contributed by atoms with E-state index in [1.807, 2.05) is 23.1 Å². The average molecular weight is 364 g/mol.